The van der Waals surface area contributed by atoms with Gasteiger partial charge in [-0.3, -0.25) is 9.79 Å². The SMILES string of the molecule is CCNC(=NCCCC(=O)N1CCc2ccccc21)N(C)Cc1csc(C)n1.I. The number of thiazole rings is 1. The summed E-state index contributed by atoms with van der Waals surface area (Å²) in [6, 6.07) is 8.18. The van der Waals surface area contributed by atoms with Gasteiger partial charge in [0.1, 0.15) is 0 Å². The van der Waals surface area contributed by atoms with Crippen LogP contribution >= 0.6 is 35.3 Å². The zero-order chi connectivity index (χ0) is 19.9. The van der Waals surface area contributed by atoms with Crippen LogP contribution in [0.5, 0.6) is 0 Å². The number of rotatable bonds is 7. The van der Waals surface area contributed by atoms with Crippen molar-refractivity contribution in [3.63, 3.8) is 0 Å². The Balaban J connectivity index is 0.00000300. The second kappa shape index (κ2) is 11.5. The normalized spacial score (nSPS) is 13.1. The van der Waals surface area contributed by atoms with Crippen LogP contribution < -0.4 is 10.2 Å². The third kappa shape index (κ3) is 6.40. The molecule has 29 heavy (non-hydrogen) atoms. The maximum Gasteiger partial charge on any atom is 0.227 e. The van der Waals surface area contributed by atoms with Gasteiger partial charge >= 0.3 is 0 Å². The van der Waals surface area contributed by atoms with Crippen molar-refractivity contribution in [1.82, 2.24) is 15.2 Å². The fraction of sp³-hybridized carbons (Fsp3) is 0.476. The van der Waals surface area contributed by atoms with Gasteiger partial charge < -0.3 is 15.1 Å². The summed E-state index contributed by atoms with van der Waals surface area (Å²) in [5.41, 5.74) is 3.39. The summed E-state index contributed by atoms with van der Waals surface area (Å²) < 4.78 is 0. The molecule has 6 nitrogen and oxygen atoms in total. The average molecular weight is 527 g/mol. The Morgan fingerprint density at radius 1 is 1.38 bits per heavy atom. The van der Waals surface area contributed by atoms with E-state index in [-0.39, 0.29) is 29.9 Å². The average Bonchev–Trinajstić information content (AvgIpc) is 3.30. The number of aryl methyl sites for hydroxylation is 1. The summed E-state index contributed by atoms with van der Waals surface area (Å²) in [7, 11) is 2.02. The number of para-hydroxylation sites is 1. The number of carbonyl (C=O) groups is 1. The molecule has 0 unspecified atom stereocenters. The molecule has 3 rings (SSSR count). The predicted molar refractivity (Wildman–Crippen MR) is 131 cm³/mol. The lowest BCUT2D eigenvalue weighted by molar-refractivity contribution is -0.118. The number of fused-ring (bicyclic) bond motifs is 1. The zero-order valence-corrected chi connectivity index (χ0v) is 20.5. The van der Waals surface area contributed by atoms with Crippen molar-refractivity contribution in [2.24, 2.45) is 4.99 Å². The van der Waals surface area contributed by atoms with Gasteiger partial charge in [0.2, 0.25) is 5.91 Å². The highest BCUT2D eigenvalue weighted by atomic mass is 127. The Bertz CT molecular complexity index is 838. The largest absolute Gasteiger partial charge is 0.357 e. The molecule has 1 aliphatic heterocycles. The number of nitrogens with one attached hydrogen (secondary N) is 1. The highest BCUT2D eigenvalue weighted by Crippen LogP contribution is 2.28. The summed E-state index contributed by atoms with van der Waals surface area (Å²) in [5.74, 6) is 1.04. The van der Waals surface area contributed by atoms with Gasteiger partial charge in [0.05, 0.1) is 17.2 Å². The number of hydrogen-bond donors (Lipinski definition) is 1. The number of aliphatic imine (C=N–C) groups is 1. The van der Waals surface area contributed by atoms with E-state index in [9.17, 15) is 4.79 Å². The molecule has 158 valence electrons. The number of guanidine groups is 1. The van der Waals surface area contributed by atoms with E-state index in [1.165, 1.54) is 5.56 Å². The van der Waals surface area contributed by atoms with Crippen LogP contribution in [-0.2, 0) is 17.8 Å². The van der Waals surface area contributed by atoms with E-state index in [0.717, 1.165) is 54.8 Å². The Labute approximate surface area is 194 Å². The summed E-state index contributed by atoms with van der Waals surface area (Å²) in [4.78, 5) is 25.8. The maximum atomic E-state index is 12.6. The fourth-order valence-corrected chi connectivity index (χ4v) is 4.02. The molecule has 0 saturated heterocycles. The predicted octanol–water partition coefficient (Wildman–Crippen LogP) is 3.84. The van der Waals surface area contributed by atoms with Crippen LogP contribution in [0.2, 0.25) is 0 Å². The quantitative estimate of drug-likeness (QED) is 0.257. The van der Waals surface area contributed by atoms with E-state index in [1.54, 1.807) is 11.3 Å². The Kier molecular flexibility index (Phi) is 9.35. The zero-order valence-electron chi connectivity index (χ0n) is 17.4. The minimum atomic E-state index is 0. The van der Waals surface area contributed by atoms with E-state index in [2.05, 4.69) is 33.6 Å². The summed E-state index contributed by atoms with van der Waals surface area (Å²) in [6.07, 6.45) is 2.22. The van der Waals surface area contributed by atoms with Crippen LogP contribution in [0.3, 0.4) is 0 Å². The second-order valence-electron chi connectivity index (χ2n) is 6.98. The molecule has 1 amide bonds. The van der Waals surface area contributed by atoms with Crippen molar-refractivity contribution in [3.8, 4) is 0 Å². The number of hydrogen-bond acceptors (Lipinski definition) is 4. The van der Waals surface area contributed by atoms with Gasteiger partial charge in [-0.1, -0.05) is 18.2 Å². The number of amides is 1. The lowest BCUT2D eigenvalue weighted by Crippen LogP contribution is -2.38. The molecule has 2 heterocycles. The molecule has 0 aliphatic carbocycles. The minimum Gasteiger partial charge on any atom is -0.357 e. The van der Waals surface area contributed by atoms with Crippen LogP contribution in [0.1, 0.15) is 36.0 Å². The fourth-order valence-electron chi connectivity index (χ4n) is 3.42. The number of anilines is 1. The number of carbonyl (C=O) groups excluding carboxylic acids is 1. The Morgan fingerprint density at radius 2 is 2.17 bits per heavy atom. The first kappa shape index (κ1) is 23.6. The van der Waals surface area contributed by atoms with Crippen LogP contribution in [0.15, 0.2) is 34.6 Å². The van der Waals surface area contributed by atoms with Gasteiger partial charge in [-0.2, -0.15) is 0 Å². The standard InChI is InChI=1S/C21H29N5OS.HI/c1-4-22-21(25(3)14-18-15-28-16(2)24-18)23-12-7-10-20(27)26-13-11-17-8-5-6-9-19(17)26;/h5-6,8-9,15H,4,7,10-14H2,1-3H3,(H,22,23);1H. The van der Waals surface area contributed by atoms with Gasteiger partial charge in [0, 0.05) is 44.2 Å². The molecule has 1 aliphatic rings. The van der Waals surface area contributed by atoms with Crippen LogP contribution in [0.4, 0.5) is 5.69 Å². The van der Waals surface area contributed by atoms with Crippen LogP contribution in [-0.4, -0.2) is 48.4 Å². The first-order valence-electron chi connectivity index (χ1n) is 9.87. The Morgan fingerprint density at radius 3 is 2.90 bits per heavy atom. The molecular formula is C21H30IN5OS. The van der Waals surface area contributed by atoms with E-state index >= 15 is 0 Å². The summed E-state index contributed by atoms with van der Waals surface area (Å²) >= 11 is 1.66. The van der Waals surface area contributed by atoms with Crippen molar-refractivity contribution in [3.05, 3.63) is 45.9 Å². The molecule has 0 bridgehead atoms. The van der Waals surface area contributed by atoms with Crippen LogP contribution in [0, 0.1) is 6.92 Å². The number of halogens is 1. The molecule has 0 saturated carbocycles. The molecule has 8 heteroatoms. The van der Waals surface area contributed by atoms with E-state index < -0.39 is 0 Å². The highest BCUT2D eigenvalue weighted by Gasteiger charge is 2.23. The lowest BCUT2D eigenvalue weighted by Gasteiger charge is -2.21. The topological polar surface area (TPSA) is 60.8 Å². The van der Waals surface area contributed by atoms with E-state index in [0.29, 0.717) is 13.0 Å². The molecular weight excluding hydrogens is 497 g/mol. The first-order valence-corrected chi connectivity index (χ1v) is 10.7. The van der Waals surface area contributed by atoms with Crippen molar-refractivity contribution >= 4 is 52.9 Å². The molecule has 1 aromatic carbocycles. The van der Waals surface area contributed by atoms with Gasteiger partial charge in [-0.05, 0) is 38.3 Å². The number of nitrogens with zero attached hydrogens (tertiary/aromatic N) is 4. The van der Waals surface area contributed by atoms with Crippen molar-refractivity contribution in [2.45, 2.75) is 39.7 Å². The first-order chi connectivity index (χ1) is 13.6. The van der Waals surface area contributed by atoms with Gasteiger partial charge in [-0.15, -0.1) is 35.3 Å². The maximum absolute atomic E-state index is 12.6. The molecule has 0 radical (unpaired) electrons. The third-order valence-corrected chi connectivity index (χ3v) is 5.58. The van der Waals surface area contributed by atoms with Gasteiger partial charge in [0.25, 0.3) is 0 Å². The molecule has 0 atom stereocenters. The monoisotopic (exact) mass is 527 g/mol. The number of aromatic nitrogens is 1. The summed E-state index contributed by atoms with van der Waals surface area (Å²) in [5, 5.41) is 6.48. The summed E-state index contributed by atoms with van der Waals surface area (Å²) in [6.45, 7) is 7.03. The van der Waals surface area contributed by atoms with Crippen molar-refractivity contribution < 1.29 is 4.79 Å². The van der Waals surface area contributed by atoms with E-state index in [4.69, 9.17) is 4.99 Å². The molecule has 0 spiro atoms. The van der Waals surface area contributed by atoms with Gasteiger partial charge in [-0.25, -0.2) is 4.98 Å². The third-order valence-electron chi connectivity index (χ3n) is 4.76. The minimum absolute atomic E-state index is 0. The van der Waals surface area contributed by atoms with Crippen LogP contribution in [0.25, 0.3) is 0 Å². The molecule has 1 aromatic heterocycles. The lowest BCUT2D eigenvalue weighted by atomic mass is 10.2. The van der Waals surface area contributed by atoms with Gasteiger partial charge in [0.15, 0.2) is 5.96 Å². The van der Waals surface area contributed by atoms with Crippen molar-refractivity contribution in [1.29, 1.82) is 0 Å². The molecule has 1 N–H and O–H groups in total. The Hall–Kier alpha value is -1.68. The molecule has 0 fully saturated rings. The number of benzene rings is 1. The van der Waals surface area contributed by atoms with Crippen molar-refractivity contribution in [2.75, 3.05) is 31.6 Å². The molecule has 2 aromatic rings. The highest BCUT2D eigenvalue weighted by molar-refractivity contribution is 14.0. The second-order valence-corrected chi connectivity index (χ2v) is 8.04. The smallest absolute Gasteiger partial charge is 0.227 e. The van der Waals surface area contributed by atoms with E-state index in [1.807, 2.05) is 37.1 Å².